The maximum atomic E-state index is 13.6. The number of rotatable bonds is 4. The lowest BCUT2D eigenvalue weighted by molar-refractivity contribution is 0.297. The lowest BCUT2D eigenvalue weighted by atomic mass is 10.1. The molecular formula is C15H14ClFO. The Morgan fingerprint density at radius 1 is 1.11 bits per heavy atom. The maximum absolute atomic E-state index is 13.6. The van der Waals surface area contributed by atoms with Crippen molar-refractivity contribution in [1.29, 1.82) is 0 Å². The number of hydrogen-bond acceptors (Lipinski definition) is 1. The molecule has 0 saturated carbocycles. The van der Waals surface area contributed by atoms with Gasteiger partial charge in [-0.1, -0.05) is 42.8 Å². The molecule has 1 nitrogen and oxygen atoms in total. The van der Waals surface area contributed by atoms with Gasteiger partial charge in [-0.2, -0.15) is 0 Å². The van der Waals surface area contributed by atoms with E-state index < -0.39 is 0 Å². The Hall–Kier alpha value is -1.54. The molecule has 0 heterocycles. The summed E-state index contributed by atoms with van der Waals surface area (Å²) in [5, 5.41) is 0.394. The van der Waals surface area contributed by atoms with Gasteiger partial charge in [0.15, 0.2) is 0 Å². The summed E-state index contributed by atoms with van der Waals surface area (Å²) < 4.78 is 19.2. The minimum atomic E-state index is -0.337. The quantitative estimate of drug-likeness (QED) is 0.783. The first-order valence-electron chi connectivity index (χ1n) is 5.85. The second-order valence-corrected chi connectivity index (χ2v) is 4.42. The van der Waals surface area contributed by atoms with E-state index in [0.717, 1.165) is 17.7 Å². The van der Waals surface area contributed by atoms with Gasteiger partial charge in [0.2, 0.25) is 0 Å². The predicted molar refractivity (Wildman–Crippen MR) is 71.6 cm³/mol. The van der Waals surface area contributed by atoms with E-state index in [9.17, 15) is 4.39 Å². The van der Waals surface area contributed by atoms with E-state index in [0.29, 0.717) is 10.6 Å². The lowest BCUT2D eigenvalue weighted by Crippen LogP contribution is -2.00. The number of halogens is 2. The topological polar surface area (TPSA) is 9.23 Å². The van der Waals surface area contributed by atoms with Crippen molar-refractivity contribution in [3.63, 3.8) is 0 Å². The van der Waals surface area contributed by atoms with Crippen LogP contribution >= 0.6 is 11.6 Å². The van der Waals surface area contributed by atoms with Crippen LogP contribution in [0.3, 0.4) is 0 Å². The highest BCUT2D eigenvalue weighted by molar-refractivity contribution is 6.30. The van der Waals surface area contributed by atoms with Crippen molar-refractivity contribution in [2.24, 2.45) is 0 Å². The fourth-order valence-electron chi connectivity index (χ4n) is 1.73. The highest BCUT2D eigenvalue weighted by Gasteiger charge is 2.05. The highest BCUT2D eigenvalue weighted by atomic mass is 35.5. The Bertz CT molecular complexity index is 540. The number of benzene rings is 2. The molecule has 0 aliphatic heterocycles. The fraction of sp³-hybridized carbons (Fsp3) is 0.200. The summed E-state index contributed by atoms with van der Waals surface area (Å²) >= 11 is 5.70. The summed E-state index contributed by atoms with van der Waals surface area (Å²) in [6.07, 6.45) is 0.888. The van der Waals surface area contributed by atoms with E-state index in [1.165, 1.54) is 6.07 Å². The molecule has 94 valence electrons. The zero-order valence-corrected chi connectivity index (χ0v) is 10.9. The van der Waals surface area contributed by atoms with Gasteiger partial charge in [0.1, 0.15) is 18.2 Å². The van der Waals surface area contributed by atoms with Crippen molar-refractivity contribution in [1.82, 2.24) is 0 Å². The van der Waals surface area contributed by atoms with E-state index in [1.807, 2.05) is 24.3 Å². The molecule has 0 N–H and O–H groups in total. The maximum Gasteiger partial charge on any atom is 0.131 e. The third-order valence-electron chi connectivity index (χ3n) is 2.75. The Morgan fingerprint density at radius 2 is 1.89 bits per heavy atom. The molecule has 0 spiro atoms. The molecule has 0 bridgehead atoms. The Kier molecular flexibility index (Phi) is 4.21. The second-order valence-electron chi connectivity index (χ2n) is 3.99. The van der Waals surface area contributed by atoms with E-state index in [2.05, 4.69) is 6.92 Å². The van der Waals surface area contributed by atoms with Crippen LogP contribution in [0.1, 0.15) is 18.1 Å². The molecule has 3 heteroatoms. The number of ether oxygens (including phenoxy) is 1. The molecule has 0 saturated heterocycles. The van der Waals surface area contributed by atoms with Gasteiger partial charge in [-0.3, -0.25) is 0 Å². The summed E-state index contributed by atoms with van der Waals surface area (Å²) in [4.78, 5) is 0. The first kappa shape index (κ1) is 12.9. The van der Waals surface area contributed by atoms with Crippen LogP contribution in [0, 0.1) is 5.82 Å². The molecule has 2 rings (SSSR count). The molecule has 0 aliphatic carbocycles. The average molecular weight is 265 g/mol. The van der Waals surface area contributed by atoms with Gasteiger partial charge in [-0.05, 0) is 30.2 Å². The van der Waals surface area contributed by atoms with Crippen molar-refractivity contribution in [2.75, 3.05) is 0 Å². The molecule has 2 aromatic rings. The Balaban J connectivity index is 2.11. The first-order chi connectivity index (χ1) is 8.70. The first-order valence-corrected chi connectivity index (χ1v) is 6.23. The van der Waals surface area contributed by atoms with Crippen LogP contribution in [-0.2, 0) is 13.0 Å². The molecule has 2 aromatic carbocycles. The zero-order chi connectivity index (χ0) is 13.0. The Morgan fingerprint density at radius 3 is 2.61 bits per heavy atom. The van der Waals surface area contributed by atoms with Gasteiger partial charge in [-0.25, -0.2) is 4.39 Å². The van der Waals surface area contributed by atoms with Crippen LogP contribution < -0.4 is 4.74 Å². The smallest absolute Gasteiger partial charge is 0.131 e. The molecule has 0 unspecified atom stereocenters. The monoisotopic (exact) mass is 264 g/mol. The van der Waals surface area contributed by atoms with Gasteiger partial charge in [0.25, 0.3) is 0 Å². The summed E-state index contributed by atoms with van der Waals surface area (Å²) in [7, 11) is 0. The summed E-state index contributed by atoms with van der Waals surface area (Å²) in [5.74, 6) is 0.464. The molecule has 0 aromatic heterocycles. The Labute approximate surface area is 111 Å². The summed E-state index contributed by atoms with van der Waals surface area (Å²) in [5.41, 5.74) is 1.62. The van der Waals surface area contributed by atoms with E-state index in [-0.39, 0.29) is 12.4 Å². The van der Waals surface area contributed by atoms with Crippen LogP contribution in [0.2, 0.25) is 5.02 Å². The van der Waals surface area contributed by atoms with Crippen molar-refractivity contribution < 1.29 is 9.13 Å². The fourth-order valence-corrected chi connectivity index (χ4v) is 1.89. The zero-order valence-electron chi connectivity index (χ0n) is 10.1. The van der Waals surface area contributed by atoms with Crippen molar-refractivity contribution >= 4 is 11.6 Å². The van der Waals surface area contributed by atoms with Crippen LogP contribution in [0.25, 0.3) is 0 Å². The SMILES string of the molecule is CCc1ccccc1OCc1ccc(Cl)cc1F. The molecule has 0 fully saturated rings. The van der Waals surface area contributed by atoms with Gasteiger partial charge in [0, 0.05) is 10.6 Å². The van der Waals surface area contributed by atoms with E-state index in [1.54, 1.807) is 12.1 Å². The van der Waals surface area contributed by atoms with Crippen LogP contribution in [0.4, 0.5) is 4.39 Å². The molecule has 18 heavy (non-hydrogen) atoms. The molecule has 0 atom stereocenters. The number of para-hydroxylation sites is 1. The molecule has 0 radical (unpaired) electrons. The summed E-state index contributed by atoms with van der Waals surface area (Å²) in [6, 6.07) is 12.4. The van der Waals surface area contributed by atoms with Crippen molar-refractivity contribution in [3.05, 3.63) is 64.4 Å². The number of aryl methyl sites for hydroxylation is 1. The number of hydrogen-bond donors (Lipinski definition) is 0. The van der Waals surface area contributed by atoms with Gasteiger partial charge >= 0.3 is 0 Å². The van der Waals surface area contributed by atoms with Crippen LogP contribution in [0.15, 0.2) is 42.5 Å². The summed E-state index contributed by atoms with van der Waals surface area (Å²) in [6.45, 7) is 2.27. The predicted octanol–water partition coefficient (Wildman–Crippen LogP) is 4.62. The highest BCUT2D eigenvalue weighted by Crippen LogP contribution is 2.21. The van der Waals surface area contributed by atoms with Gasteiger partial charge < -0.3 is 4.74 Å². The van der Waals surface area contributed by atoms with Crippen LogP contribution in [-0.4, -0.2) is 0 Å². The molecular weight excluding hydrogens is 251 g/mol. The van der Waals surface area contributed by atoms with Crippen molar-refractivity contribution in [2.45, 2.75) is 20.0 Å². The van der Waals surface area contributed by atoms with Gasteiger partial charge in [-0.15, -0.1) is 0 Å². The largest absolute Gasteiger partial charge is 0.489 e. The average Bonchev–Trinajstić information content (AvgIpc) is 2.38. The van der Waals surface area contributed by atoms with E-state index >= 15 is 0 Å². The minimum Gasteiger partial charge on any atom is -0.489 e. The molecule has 0 amide bonds. The standard InChI is InChI=1S/C15H14ClFO/c1-2-11-5-3-4-6-15(11)18-10-12-7-8-13(16)9-14(12)17/h3-9H,2,10H2,1H3. The normalized spacial score (nSPS) is 10.4. The van der Waals surface area contributed by atoms with Gasteiger partial charge in [0.05, 0.1) is 0 Å². The lowest BCUT2D eigenvalue weighted by Gasteiger charge is -2.10. The molecule has 0 aliphatic rings. The third-order valence-corrected chi connectivity index (χ3v) is 2.99. The minimum absolute atomic E-state index is 0.208. The van der Waals surface area contributed by atoms with Crippen LogP contribution in [0.5, 0.6) is 5.75 Å². The second kappa shape index (κ2) is 5.87. The third kappa shape index (κ3) is 3.02. The van der Waals surface area contributed by atoms with Crippen molar-refractivity contribution in [3.8, 4) is 5.75 Å². The van der Waals surface area contributed by atoms with E-state index in [4.69, 9.17) is 16.3 Å².